The highest BCUT2D eigenvalue weighted by molar-refractivity contribution is 5.57. The van der Waals surface area contributed by atoms with E-state index in [0.29, 0.717) is 0 Å². The van der Waals surface area contributed by atoms with Gasteiger partial charge < -0.3 is 19.0 Å². The molecule has 4 atom stereocenters. The first-order chi connectivity index (χ1) is 6.03. The Morgan fingerprint density at radius 3 is 2.54 bits per heavy atom. The lowest BCUT2D eigenvalue weighted by atomic mass is 10.0. The second-order valence-electron chi connectivity index (χ2n) is 4.06. The normalized spacial score (nSPS) is 47.6. The number of ether oxygens (including phenoxy) is 3. The largest absolute Gasteiger partial charge is 0.341 e. The van der Waals surface area contributed by atoms with Gasteiger partial charge in [0.25, 0.3) is 0 Å². The Labute approximate surface area is 77.1 Å². The number of fused-ring (bicyclic) bond motifs is 1. The Bertz CT molecular complexity index is 226. The van der Waals surface area contributed by atoms with E-state index >= 15 is 0 Å². The van der Waals surface area contributed by atoms with Crippen LogP contribution in [0.5, 0.6) is 0 Å². The summed E-state index contributed by atoms with van der Waals surface area (Å²) < 4.78 is 16.4. The maximum atomic E-state index is 10.6. The molecule has 0 bridgehead atoms. The maximum Gasteiger partial charge on any atom is 0.188 e. The summed E-state index contributed by atoms with van der Waals surface area (Å²) in [6.07, 6.45) is -0.0561. The molecule has 0 N–H and O–H groups in total. The predicted molar refractivity (Wildman–Crippen MR) is 43.9 cm³/mol. The number of carbonyl (C=O) groups excluding carboxylic acids is 1. The van der Waals surface area contributed by atoms with Crippen LogP contribution in [0.1, 0.15) is 20.8 Å². The predicted octanol–water partition coefficient (Wildman–Crippen LogP) is 0.698. The fourth-order valence-electron chi connectivity index (χ4n) is 1.84. The summed E-state index contributed by atoms with van der Waals surface area (Å²) in [6, 6.07) is 0. The summed E-state index contributed by atoms with van der Waals surface area (Å²) in [5.74, 6) is -0.512. The van der Waals surface area contributed by atoms with Gasteiger partial charge in [-0.1, -0.05) is 6.92 Å². The van der Waals surface area contributed by atoms with Gasteiger partial charge in [0, 0.05) is 5.92 Å². The van der Waals surface area contributed by atoms with Gasteiger partial charge in [0.2, 0.25) is 0 Å². The van der Waals surface area contributed by atoms with Gasteiger partial charge in [0.15, 0.2) is 12.1 Å². The lowest BCUT2D eigenvalue weighted by molar-refractivity contribution is -0.207. The van der Waals surface area contributed by atoms with Gasteiger partial charge in [0.1, 0.15) is 18.5 Å². The van der Waals surface area contributed by atoms with E-state index in [4.69, 9.17) is 14.2 Å². The molecule has 0 aliphatic carbocycles. The van der Waals surface area contributed by atoms with E-state index in [1.54, 1.807) is 0 Å². The summed E-state index contributed by atoms with van der Waals surface area (Å²) in [5.41, 5.74) is 0. The van der Waals surface area contributed by atoms with Crippen molar-refractivity contribution < 1.29 is 19.0 Å². The van der Waals surface area contributed by atoms with E-state index in [1.165, 1.54) is 0 Å². The van der Waals surface area contributed by atoms with Crippen molar-refractivity contribution in [2.45, 2.75) is 45.1 Å². The number of aldehydes is 1. The van der Waals surface area contributed by atoms with E-state index < -0.39 is 5.79 Å². The Balaban J connectivity index is 2.11. The Morgan fingerprint density at radius 2 is 2.00 bits per heavy atom. The molecule has 4 nitrogen and oxygen atoms in total. The zero-order chi connectivity index (χ0) is 9.64. The molecule has 0 spiro atoms. The number of hydrogen-bond acceptors (Lipinski definition) is 4. The third-order valence-corrected chi connectivity index (χ3v) is 2.55. The maximum absolute atomic E-state index is 10.6. The quantitative estimate of drug-likeness (QED) is 0.565. The average Bonchev–Trinajstić information content (AvgIpc) is 2.47. The first kappa shape index (κ1) is 9.12. The van der Waals surface area contributed by atoms with Crippen molar-refractivity contribution in [3.63, 3.8) is 0 Å². The molecule has 0 unspecified atom stereocenters. The number of rotatable bonds is 1. The van der Waals surface area contributed by atoms with Gasteiger partial charge in [-0.05, 0) is 13.8 Å². The lowest BCUT2D eigenvalue weighted by Crippen LogP contribution is -2.29. The zero-order valence-corrected chi connectivity index (χ0v) is 8.02. The monoisotopic (exact) mass is 186 g/mol. The van der Waals surface area contributed by atoms with Gasteiger partial charge >= 0.3 is 0 Å². The van der Waals surface area contributed by atoms with Gasteiger partial charge in [0.05, 0.1) is 0 Å². The minimum absolute atomic E-state index is 0.0734. The van der Waals surface area contributed by atoms with Crippen LogP contribution in [-0.4, -0.2) is 30.6 Å². The van der Waals surface area contributed by atoms with Gasteiger partial charge in [-0.25, -0.2) is 0 Å². The summed E-state index contributed by atoms with van der Waals surface area (Å²) >= 11 is 0. The molecule has 2 saturated heterocycles. The van der Waals surface area contributed by atoms with E-state index in [0.717, 1.165) is 6.29 Å². The molecule has 4 heteroatoms. The topological polar surface area (TPSA) is 44.8 Å². The second-order valence-corrected chi connectivity index (χ2v) is 4.06. The number of hydrogen-bond donors (Lipinski definition) is 0. The van der Waals surface area contributed by atoms with Gasteiger partial charge in [-0.3, -0.25) is 0 Å². The Kier molecular flexibility index (Phi) is 1.94. The van der Waals surface area contributed by atoms with Crippen molar-refractivity contribution in [2.75, 3.05) is 0 Å². The summed E-state index contributed by atoms with van der Waals surface area (Å²) in [6.45, 7) is 5.63. The van der Waals surface area contributed by atoms with Crippen LogP contribution in [0.15, 0.2) is 0 Å². The van der Waals surface area contributed by atoms with E-state index in [2.05, 4.69) is 0 Å². The molecule has 0 aromatic carbocycles. The van der Waals surface area contributed by atoms with E-state index in [1.807, 2.05) is 20.8 Å². The van der Waals surface area contributed by atoms with Crippen molar-refractivity contribution in [3.05, 3.63) is 0 Å². The van der Waals surface area contributed by atoms with Crippen LogP contribution < -0.4 is 0 Å². The van der Waals surface area contributed by atoms with Crippen LogP contribution >= 0.6 is 0 Å². The van der Waals surface area contributed by atoms with Crippen LogP contribution in [0.25, 0.3) is 0 Å². The van der Waals surface area contributed by atoms with Crippen LogP contribution in [0.3, 0.4) is 0 Å². The summed E-state index contributed by atoms with van der Waals surface area (Å²) in [4.78, 5) is 10.6. The fourth-order valence-corrected chi connectivity index (χ4v) is 1.84. The molecule has 2 aliphatic rings. The molecule has 0 aromatic heterocycles. The van der Waals surface area contributed by atoms with Crippen molar-refractivity contribution in [3.8, 4) is 0 Å². The van der Waals surface area contributed by atoms with Crippen LogP contribution in [0.4, 0.5) is 0 Å². The first-order valence-corrected chi connectivity index (χ1v) is 4.50. The van der Waals surface area contributed by atoms with Gasteiger partial charge in [-0.15, -0.1) is 0 Å². The molecular formula is C9H14O4. The molecule has 74 valence electrons. The molecular weight excluding hydrogens is 172 g/mol. The number of carbonyl (C=O) groups is 1. The van der Waals surface area contributed by atoms with Crippen molar-refractivity contribution in [2.24, 2.45) is 5.92 Å². The first-order valence-electron chi connectivity index (χ1n) is 4.50. The molecule has 2 fully saturated rings. The lowest BCUT2D eigenvalue weighted by Gasteiger charge is -2.21. The SMILES string of the molecule is C[C@@H]1[C@H]2OC(C)(C)O[C@H]2O[C@@H]1C=O. The van der Waals surface area contributed by atoms with Crippen molar-refractivity contribution >= 4 is 6.29 Å². The highest BCUT2D eigenvalue weighted by Gasteiger charge is 2.52. The standard InChI is InChI=1S/C9H14O4/c1-5-6(4-10)11-8-7(5)12-9(2,3)13-8/h4-8H,1-3H3/t5-,6+,7+,8+/m0/s1. The third-order valence-electron chi connectivity index (χ3n) is 2.55. The molecule has 0 saturated carbocycles. The summed E-state index contributed by atoms with van der Waals surface area (Å²) in [5, 5.41) is 0. The summed E-state index contributed by atoms with van der Waals surface area (Å²) in [7, 11) is 0. The average molecular weight is 186 g/mol. The fraction of sp³-hybridized carbons (Fsp3) is 0.889. The smallest absolute Gasteiger partial charge is 0.188 e. The molecule has 13 heavy (non-hydrogen) atoms. The Morgan fingerprint density at radius 1 is 1.31 bits per heavy atom. The van der Waals surface area contributed by atoms with Crippen LogP contribution in [-0.2, 0) is 19.0 Å². The zero-order valence-electron chi connectivity index (χ0n) is 8.02. The molecule has 0 radical (unpaired) electrons. The van der Waals surface area contributed by atoms with E-state index in [9.17, 15) is 4.79 Å². The molecule has 0 aromatic rings. The molecule has 2 rings (SSSR count). The second kappa shape index (κ2) is 2.77. The molecule has 0 amide bonds. The highest BCUT2D eigenvalue weighted by atomic mass is 16.8. The van der Waals surface area contributed by atoms with Crippen LogP contribution in [0.2, 0.25) is 0 Å². The Hall–Kier alpha value is -0.450. The van der Waals surface area contributed by atoms with Gasteiger partial charge in [-0.2, -0.15) is 0 Å². The minimum atomic E-state index is -0.586. The highest BCUT2D eigenvalue weighted by Crippen LogP contribution is 2.39. The third kappa shape index (κ3) is 1.39. The minimum Gasteiger partial charge on any atom is -0.341 e. The van der Waals surface area contributed by atoms with Crippen molar-refractivity contribution in [1.29, 1.82) is 0 Å². The molecule has 2 heterocycles. The van der Waals surface area contributed by atoms with Crippen molar-refractivity contribution in [1.82, 2.24) is 0 Å². The molecule has 2 aliphatic heterocycles. The van der Waals surface area contributed by atoms with E-state index in [-0.39, 0.29) is 24.4 Å². The van der Waals surface area contributed by atoms with Crippen LogP contribution in [0, 0.1) is 5.92 Å².